The van der Waals surface area contributed by atoms with E-state index in [0.29, 0.717) is 24.0 Å². The molecule has 0 N–H and O–H groups in total. The van der Waals surface area contributed by atoms with Gasteiger partial charge < -0.3 is 4.48 Å². The molecule has 0 amide bonds. The van der Waals surface area contributed by atoms with Gasteiger partial charge in [-0.05, 0) is 23.1 Å². The van der Waals surface area contributed by atoms with Crippen molar-refractivity contribution in [3.8, 4) is 11.1 Å². The average molecular weight is 448 g/mol. The average Bonchev–Trinajstić information content (AvgIpc) is 3.19. The number of hydrogen-bond donors (Lipinski definition) is 0. The van der Waals surface area contributed by atoms with Gasteiger partial charge in [0.15, 0.2) is 0 Å². The van der Waals surface area contributed by atoms with Crippen LogP contribution in [0.1, 0.15) is 46.2 Å². The summed E-state index contributed by atoms with van der Waals surface area (Å²) in [6.45, 7) is 14.0. The molecule has 1 aromatic carbocycles. The first-order chi connectivity index (χ1) is 15.7. The molecule has 0 aliphatic carbocycles. The van der Waals surface area contributed by atoms with E-state index in [1.54, 1.807) is 0 Å². The number of hydrogen-bond acceptors (Lipinski definition) is 3. The normalized spacial score (nSPS) is 16.7. The fraction of sp³-hybridized carbons (Fsp3) is 0.536. The Hall–Kier alpha value is -2.53. The van der Waals surface area contributed by atoms with E-state index in [2.05, 4.69) is 62.0 Å². The maximum Gasteiger partial charge on any atom is 0.142 e. The molecule has 4 rings (SSSR count). The van der Waals surface area contributed by atoms with E-state index in [1.807, 2.05) is 30.3 Å². The van der Waals surface area contributed by atoms with Gasteiger partial charge in [0.25, 0.3) is 0 Å². The van der Waals surface area contributed by atoms with E-state index < -0.39 is 0 Å². The van der Waals surface area contributed by atoms with Crippen LogP contribution >= 0.6 is 0 Å². The maximum atomic E-state index is 13.2. The van der Waals surface area contributed by atoms with Crippen molar-refractivity contribution in [3.63, 3.8) is 0 Å². The molecule has 1 fully saturated rings. The van der Waals surface area contributed by atoms with Gasteiger partial charge in [-0.1, -0.05) is 39.8 Å². The second-order valence-corrected chi connectivity index (χ2v) is 11.0. The lowest BCUT2D eigenvalue weighted by molar-refractivity contribution is -0.938. The molecule has 0 saturated carbocycles. The van der Waals surface area contributed by atoms with Crippen LogP contribution < -0.4 is 0 Å². The van der Waals surface area contributed by atoms with E-state index in [4.69, 9.17) is 0 Å². The number of carbonyl (C=O) groups excluding carboxylic acids is 1. The molecule has 3 heterocycles. The summed E-state index contributed by atoms with van der Waals surface area (Å²) in [6.07, 6.45) is 8.26. The van der Waals surface area contributed by atoms with Gasteiger partial charge in [-0.15, -0.1) is 0 Å². The molecule has 0 bridgehead atoms. The zero-order valence-electron chi connectivity index (χ0n) is 20.9. The van der Waals surface area contributed by atoms with Crippen LogP contribution in [0.4, 0.5) is 0 Å². The lowest BCUT2D eigenvalue weighted by atomic mass is 9.87. The van der Waals surface area contributed by atoms with Gasteiger partial charge in [0.1, 0.15) is 5.78 Å². The molecule has 2 aromatic heterocycles. The van der Waals surface area contributed by atoms with Crippen LogP contribution in [0.15, 0.2) is 42.9 Å². The lowest BCUT2D eigenvalue weighted by Gasteiger charge is -2.45. The highest BCUT2D eigenvalue weighted by Gasteiger charge is 2.37. The lowest BCUT2D eigenvalue weighted by Crippen LogP contribution is -2.57. The quantitative estimate of drug-likeness (QED) is 0.441. The Bertz CT molecular complexity index is 1090. The first-order valence-corrected chi connectivity index (χ1v) is 12.5. The van der Waals surface area contributed by atoms with Crippen LogP contribution in [0.2, 0.25) is 0 Å². The fourth-order valence-corrected chi connectivity index (χ4v) is 5.78. The topological polar surface area (TPSA) is 47.8 Å². The second kappa shape index (κ2) is 9.76. The van der Waals surface area contributed by atoms with E-state index in [-0.39, 0.29) is 5.92 Å². The van der Waals surface area contributed by atoms with Gasteiger partial charge in [-0.3, -0.25) is 14.5 Å². The summed E-state index contributed by atoms with van der Waals surface area (Å²) in [5.74, 6) is 1.91. The number of nitrogens with zero attached hydrogens (tertiary/aromatic N) is 4. The van der Waals surface area contributed by atoms with Gasteiger partial charge >= 0.3 is 0 Å². The Morgan fingerprint density at radius 3 is 2.30 bits per heavy atom. The third kappa shape index (κ3) is 5.70. The summed E-state index contributed by atoms with van der Waals surface area (Å²) >= 11 is 0. The van der Waals surface area contributed by atoms with Crippen LogP contribution in [0, 0.1) is 17.8 Å². The Balaban J connectivity index is 1.44. The van der Waals surface area contributed by atoms with Crippen LogP contribution in [0.3, 0.4) is 0 Å². The van der Waals surface area contributed by atoms with Gasteiger partial charge in [0.2, 0.25) is 0 Å². The van der Waals surface area contributed by atoms with Crippen molar-refractivity contribution < 1.29 is 9.28 Å². The maximum absolute atomic E-state index is 13.2. The number of benzene rings is 1. The molecular weight excluding hydrogens is 408 g/mol. The minimum absolute atomic E-state index is 0.176. The Kier molecular flexibility index (Phi) is 6.99. The molecule has 1 aliphatic heterocycles. The predicted molar refractivity (Wildman–Crippen MR) is 135 cm³/mol. The summed E-state index contributed by atoms with van der Waals surface area (Å²) in [4.78, 5) is 17.8. The Labute approximate surface area is 198 Å². The largest absolute Gasteiger partial charge is 0.323 e. The standard InChI is InChI=1S/C28H39N4O/c1-20(2)18-32(19-21(3)4)10-8-22(9-11-32)28(33)14-27-13-25-12-23(6-7-24(25)15-29-27)26-16-30-31(5)17-26/h6-7,12-13,15-17,20-22H,8-11,14,18-19H2,1-5H3/q+1. The smallest absolute Gasteiger partial charge is 0.142 e. The van der Waals surface area contributed by atoms with Crippen molar-refractivity contribution in [1.82, 2.24) is 14.8 Å². The van der Waals surface area contributed by atoms with Crippen LogP contribution in [-0.2, 0) is 18.3 Å². The number of Topliss-reactive ketones (excluding diaryl/α,β-unsaturated/α-hetero) is 1. The highest BCUT2D eigenvalue weighted by Crippen LogP contribution is 2.29. The minimum atomic E-state index is 0.176. The number of ketones is 1. The van der Waals surface area contributed by atoms with E-state index in [9.17, 15) is 4.79 Å². The molecule has 0 spiro atoms. The van der Waals surface area contributed by atoms with Crippen molar-refractivity contribution in [2.45, 2.75) is 47.0 Å². The highest BCUT2D eigenvalue weighted by atomic mass is 16.1. The SMILES string of the molecule is CC(C)C[N+]1(CC(C)C)CCC(C(=O)Cc2cc3cc(-c4cnn(C)c4)ccc3cn2)CC1. The minimum Gasteiger partial charge on any atom is -0.323 e. The molecule has 5 nitrogen and oxygen atoms in total. The first-order valence-electron chi connectivity index (χ1n) is 12.5. The van der Waals surface area contributed by atoms with Crippen molar-refractivity contribution >= 4 is 16.6 Å². The molecule has 0 atom stereocenters. The zero-order chi connectivity index (χ0) is 23.6. The van der Waals surface area contributed by atoms with E-state index in [1.165, 1.54) is 17.6 Å². The zero-order valence-corrected chi connectivity index (χ0v) is 20.9. The van der Waals surface area contributed by atoms with Gasteiger partial charge in [0.05, 0.1) is 32.4 Å². The summed E-state index contributed by atoms with van der Waals surface area (Å²) in [5.41, 5.74) is 3.11. The van der Waals surface area contributed by atoms with Crippen molar-refractivity contribution in [2.24, 2.45) is 24.8 Å². The van der Waals surface area contributed by atoms with Crippen molar-refractivity contribution in [2.75, 3.05) is 26.2 Å². The summed E-state index contributed by atoms with van der Waals surface area (Å²) in [5, 5.41) is 6.51. The van der Waals surface area contributed by atoms with Gasteiger partial charge in [-0.2, -0.15) is 5.10 Å². The number of rotatable bonds is 8. The highest BCUT2D eigenvalue weighted by molar-refractivity contribution is 5.88. The number of aromatic nitrogens is 3. The number of carbonyl (C=O) groups is 1. The third-order valence-corrected chi connectivity index (χ3v) is 7.04. The summed E-state index contributed by atoms with van der Waals surface area (Å²) in [6, 6.07) is 8.46. The molecule has 176 valence electrons. The molecule has 5 heteroatoms. The third-order valence-electron chi connectivity index (χ3n) is 7.04. The monoisotopic (exact) mass is 447 g/mol. The number of pyridine rings is 1. The van der Waals surface area contributed by atoms with Crippen LogP contribution in [0.25, 0.3) is 21.9 Å². The molecular formula is C28H39N4O+. The number of aryl methyl sites for hydroxylation is 1. The number of piperidine rings is 1. The summed E-state index contributed by atoms with van der Waals surface area (Å²) in [7, 11) is 1.93. The van der Waals surface area contributed by atoms with E-state index >= 15 is 0 Å². The van der Waals surface area contributed by atoms with Crippen LogP contribution in [0.5, 0.6) is 0 Å². The predicted octanol–water partition coefficient (Wildman–Crippen LogP) is 5.29. The molecule has 33 heavy (non-hydrogen) atoms. The van der Waals surface area contributed by atoms with Gasteiger partial charge in [-0.25, -0.2) is 0 Å². The Morgan fingerprint density at radius 2 is 1.70 bits per heavy atom. The second-order valence-electron chi connectivity index (χ2n) is 11.0. The van der Waals surface area contributed by atoms with Crippen molar-refractivity contribution in [1.29, 1.82) is 0 Å². The van der Waals surface area contributed by atoms with E-state index in [0.717, 1.165) is 53.5 Å². The molecule has 1 saturated heterocycles. The molecule has 0 radical (unpaired) electrons. The number of fused-ring (bicyclic) bond motifs is 1. The number of likely N-dealkylation sites (tertiary alicyclic amines) is 1. The summed E-state index contributed by atoms with van der Waals surface area (Å²) < 4.78 is 3.00. The van der Waals surface area contributed by atoms with Crippen LogP contribution in [-0.4, -0.2) is 51.2 Å². The molecule has 0 unspecified atom stereocenters. The number of quaternary nitrogens is 1. The fourth-order valence-electron chi connectivity index (χ4n) is 5.78. The molecule has 3 aromatic rings. The molecule has 1 aliphatic rings. The Morgan fingerprint density at radius 1 is 1.00 bits per heavy atom. The van der Waals surface area contributed by atoms with Crippen molar-refractivity contribution in [3.05, 3.63) is 48.5 Å². The first kappa shape index (κ1) is 23.6. The van der Waals surface area contributed by atoms with Gasteiger partial charge in [0, 0.05) is 73.1 Å².